The predicted molar refractivity (Wildman–Crippen MR) is 109 cm³/mol. The highest BCUT2D eigenvalue weighted by molar-refractivity contribution is 9.10. The molecular weight excluding hydrogens is 390 g/mol. The topological polar surface area (TPSA) is 30.5 Å². The summed E-state index contributed by atoms with van der Waals surface area (Å²) >= 11 is 3.74. The highest BCUT2D eigenvalue weighted by Gasteiger charge is 2.59. The first-order valence-electron chi connectivity index (χ1n) is 10.0. The van der Waals surface area contributed by atoms with E-state index in [1.807, 2.05) is 13.0 Å². The molecule has 144 valence electrons. The van der Waals surface area contributed by atoms with Crippen LogP contribution in [-0.4, -0.2) is 19.3 Å². The van der Waals surface area contributed by atoms with E-state index in [2.05, 4.69) is 41.2 Å². The summed E-state index contributed by atoms with van der Waals surface area (Å²) in [4.78, 5) is 0. The van der Waals surface area contributed by atoms with Crippen LogP contribution in [0.5, 0.6) is 11.5 Å². The summed E-state index contributed by atoms with van der Waals surface area (Å²) in [5.74, 6) is 2.53. The van der Waals surface area contributed by atoms with Gasteiger partial charge in [-0.1, -0.05) is 29.8 Å². The van der Waals surface area contributed by atoms with Crippen molar-refractivity contribution in [3.8, 4) is 11.5 Å². The predicted octanol–water partition coefficient (Wildman–Crippen LogP) is 5.70. The fraction of sp³-hybridized carbons (Fsp3) is 0.727. The van der Waals surface area contributed by atoms with E-state index in [1.54, 1.807) is 7.11 Å². The molecule has 0 aliphatic heterocycles. The van der Waals surface area contributed by atoms with Gasteiger partial charge in [-0.25, -0.2) is 0 Å². The van der Waals surface area contributed by atoms with Crippen molar-refractivity contribution in [1.82, 2.24) is 5.32 Å². The van der Waals surface area contributed by atoms with Gasteiger partial charge in [0.1, 0.15) is 0 Å². The molecule has 0 amide bonds. The summed E-state index contributed by atoms with van der Waals surface area (Å²) < 4.78 is 12.3. The van der Waals surface area contributed by atoms with Gasteiger partial charge in [0.2, 0.25) is 0 Å². The standard InChI is InChI=1S/C22H32BrNO2/c1-5-26-19-7-17(23)16(6-18(19)25-4)11-24-22-10-15-8-20(2,13-22)12-21(3,9-15)14-22/h6-7,15,24H,5,8-14H2,1-4H3. The minimum Gasteiger partial charge on any atom is -0.493 e. The number of hydrogen-bond acceptors (Lipinski definition) is 3. The Labute approximate surface area is 166 Å². The minimum absolute atomic E-state index is 0.314. The van der Waals surface area contributed by atoms with E-state index < -0.39 is 0 Å². The average molecular weight is 422 g/mol. The molecule has 0 radical (unpaired) electrons. The van der Waals surface area contributed by atoms with E-state index in [0.29, 0.717) is 23.0 Å². The second-order valence-corrected chi connectivity index (χ2v) is 10.6. The number of rotatable bonds is 6. The van der Waals surface area contributed by atoms with Crippen LogP contribution in [0.3, 0.4) is 0 Å². The molecule has 3 nitrogen and oxygen atoms in total. The molecule has 1 aromatic carbocycles. The van der Waals surface area contributed by atoms with Gasteiger partial charge >= 0.3 is 0 Å². The smallest absolute Gasteiger partial charge is 0.162 e. The molecule has 4 saturated carbocycles. The molecule has 4 aliphatic carbocycles. The highest BCUT2D eigenvalue weighted by atomic mass is 79.9. The van der Waals surface area contributed by atoms with Crippen LogP contribution in [0, 0.1) is 16.7 Å². The number of halogens is 1. The zero-order valence-electron chi connectivity index (χ0n) is 16.6. The molecule has 4 heteroatoms. The Morgan fingerprint density at radius 3 is 2.35 bits per heavy atom. The largest absolute Gasteiger partial charge is 0.493 e. The minimum atomic E-state index is 0.314. The van der Waals surface area contributed by atoms with Gasteiger partial charge in [-0.05, 0) is 79.9 Å². The molecule has 0 aromatic heterocycles. The summed E-state index contributed by atoms with van der Waals surface area (Å²) in [5.41, 5.74) is 2.63. The molecular formula is C22H32BrNO2. The third kappa shape index (κ3) is 3.28. The van der Waals surface area contributed by atoms with E-state index in [9.17, 15) is 0 Å². The second kappa shape index (κ2) is 6.41. The third-order valence-electron chi connectivity index (χ3n) is 6.91. The Bertz CT molecular complexity index is 686. The van der Waals surface area contributed by atoms with E-state index in [4.69, 9.17) is 9.47 Å². The number of benzene rings is 1. The van der Waals surface area contributed by atoms with Crippen molar-refractivity contribution in [3.63, 3.8) is 0 Å². The lowest BCUT2D eigenvalue weighted by molar-refractivity contribution is -0.118. The molecule has 4 bridgehead atoms. The van der Waals surface area contributed by atoms with Crippen LogP contribution < -0.4 is 14.8 Å². The van der Waals surface area contributed by atoms with Crippen LogP contribution in [0.25, 0.3) is 0 Å². The lowest BCUT2D eigenvalue weighted by atomic mass is 9.43. The SMILES string of the molecule is CCOc1cc(Br)c(CNC23CC4CC(C)(CC(C)(C4)C2)C3)cc1OC. The Morgan fingerprint density at radius 1 is 1.08 bits per heavy atom. The molecule has 26 heavy (non-hydrogen) atoms. The monoisotopic (exact) mass is 421 g/mol. The normalized spacial score (nSPS) is 37.8. The Kier molecular flexibility index (Phi) is 4.59. The van der Waals surface area contributed by atoms with Crippen molar-refractivity contribution in [1.29, 1.82) is 0 Å². The average Bonchev–Trinajstić information content (AvgIpc) is 2.51. The molecule has 2 unspecified atom stereocenters. The molecule has 4 fully saturated rings. The Morgan fingerprint density at radius 2 is 1.77 bits per heavy atom. The van der Waals surface area contributed by atoms with Crippen molar-refractivity contribution >= 4 is 15.9 Å². The molecule has 4 aliphatic rings. The van der Waals surface area contributed by atoms with Gasteiger partial charge in [-0.2, -0.15) is 0 Å². The maximum atomic E-state index is 5.69. The maximum absolute atomic E-state index is 5.69. The Balaban J connectivity index is 1.54. The van der Waals surface area contributed by atoms with Crippen LogP contribution in [0.2, 0.25) is 0 Å². The number of hydrogen-bond donors (Lipinski definition) is 1. The van der Waals surface area contributed by atoms with Gasteiger partial charge in [0.05, 0.1) is 13.7 Å². The fourth-order valence-electron chi connectivity index (χ4n) is 7.07. The molecule has 2 atom stereocenters. The van der Waals surface area contributed by atoms with Crippen LogP contribution in [0.4, 0.5) is 0 Å². The number of ether oxygens (including phenoxy) is 2. The van der Waals surface area contributed by atoms with Crippen LogP contribution in [0.1, 0.15) is 64.9 Å². The van der Waals surface area contributed by atoms with Gasteiger partial charge in [0.15, 0.2) is 11.5 Å². The first kappa shape index (κ1) is 18.6. The van der Waals surface area contributed by atoms with E-state index in [-0.39, 0.29) is 0 Å². The van der Waals surface area contributed by atoms with E-state index in [1.165, 1.54) is 44.1 Å². The van der Waals surface area contributed by atoms with Crippen molar-refractivity contribution in [2.45, 2.75) is 71.4 Å². The first-order valence-corrected chi connectivity index (χ1v) is 10.8. The number of methoxy groups -OCH3 is 1. The van der Waals surface area contributed by atoms with Gasteiger partial charge in [0.25, 0.3) is 0 Å². The summed E-state index contributed by atoms with van der Waals surface area (Å²) in [7, 11) is 1.71. The highest BCUT2D eigenvalue weighted by Crippen LogP contribution is 2.66. The van der Waals surface area contributed by atoms with Crippen molar-refractivity contribution in [2.24, 2.45) is 16.7 Å². The van der Waals surface area contributed by atoms with Gasteiger partial charge in [-0.3, -0.25) is 0 Å². The Hall–Kier alpha value is -0.740. The zero-order valence-corrected chi connectivity index (χ0v) is 18.2. The second-order valence-electron chi connectivity index (χ2n) is 9.79. The summed E-state index contributed by atoms with van der Waals surface area (Å²) in [5, 5.41) is 4.01. The summed E-state index contributed by atoms with van der Waals surface area (Å²) in [6.07, 6.45) is 8.30. The lowest BCUT2D eigenvalue weighted by Gasteiger charge is -2.65. The van der Waals surface area contributed by atoms with Crippen LogP contribution in [-0.2, 0) is 6.54 Å². The first-order chi connectivity index (χ1) is 12.3. The van der Waals surface area contributed by atoms with Crippen molar-refractivity contribution < 1.29 is 9.47 Å². The van der Waals surface area contributed by atoms with Gasteiger partial charge in [0, 0.05) is 16.6 Å². The van der Waals surface area contributed by atoms with Crippen molar-refractivity contribution in [2.75, 3.05) is 13.7 Å². The van der Waals surface area contributed by atoms with Gasteiger partial charge in [-0.15, -0.1) is 0 Å². The fourth-order valence-corrected chi connectivity index (χ4v) is 7.53. The molecule has 1 aromatic rings. The maximum Gasteiger partial charge on any atom is 0.162 e. The quantitative estimate of drug-likeness (QED) is 0.639. The molecule has 5 rings (SSSR count). The van der Waals surface area contributed by atoms with Crippen LogP contribution in [0.15, 0.2) is 16.6 Å². The third-order valence-corrected chi connectivity index (χ3v) is 7.65. The van der Waals surface area contributed by atoms with E-state index in [0.717, 1.165) is 28.4 Å². The summed E-state index contributed by atoms with van der Waals surface area (Å²) in [6, 6.07) is 4.16. The summed E-state index contributed by atoms with van der Waals surface area (Å²) in [6.45, 7) is 8.57. The van der Waals surface area contributed by atoms with Crippen molar-refractivity contribution in [3.05, 3.63) is 22.2 Å². The molecule has 0 spiro atoms. The molecule has 0 saturated heterocycles. The zero-order chi connectivity index (χ0) is 18.6. The molecule has 1 N–H and O–H groups in total. The van der Waals surface area contributed by atoms with Gasteiger partial charge < -0.3 is 14.8 Å². The lowest BCUT2D eigenvalue weighted by Crippen LogP contribution is -2.63. The van der Waals surface area contributed by atoms with Crippen LogP contribution >= 0.6 is 15.9 Å². The van der Waals surface area contributed by atoms with E-state index >= 15 is 0 Å². The number of nitrogens with one attached hydrogen (secondary N) is 1. The molecule has 0 heterocycles.